The standard InChI is InChI=1S/C11H12N4O4/c12-9-14-11(13-7-4-8-18-15(16)17)19-10-5-2-1-3-6-10/h1-3,5-6H,4,7-8H2,(H,13,14). The molecular weight excluding hydrogens is 252 g/mol. The predicted octanol–water partition coefficient (Wildman–Crippen LogP) is 1.09. The van der Waals surface area contributed by atoms with Crippen molar-refractivity contribution in [2.75, 3.05) is 13.2 Å². The first kappa shape index (κ1) is 14.2. The van der Waals surface area contributed by atoms with Gasteiger partial charge in [-0.3, -0.25) is 0 Å². The first-order valence-electron chi connectivity index (χ1n) is 5.42. The Morgan fingerprint density at radius 1 is 1.47 bits per heavy atom. The van der Waals surface area contributed by atoms with Crippen molar-refractivity contribution < 1.29 is 14.7 Å². The highest BCUT2D eigenvalue weighted by atomic mass is 16.9. The number of para-hydroxylation sites is 1. The van der Waals surface area contributed by atoms with E-state index >= 15 is 0 Å². The molecule has 100 valence electrons. The zero-order chi connectivity index (χ0) is 13.9. The number of amidine groups is 1. The Morgan fingerprint density at radius 2 is 2.21 bits per heavy atom. The molecule has 0 aliphatic heterocycles. The Bertz CT molecular complexity index is 469. The average Bonchev–Trinajstić information content (AvgIpc) is 2.39. The van der Waals surface area contributed by atoms with Gasteiger partial charge in [0.2, 0.25) is 0 Å². The number of benzene rings is 1. The summed E-state index contributed by atoms with van der Waals surface area (Å²) in [5.41, 5.74) is 0. The summed E-state index contributed by atoms with van der Waals surface area (Å²) in [6.45, 7) is 0.187. The van der Waals surface area contributed by atoms with Gasteiger partial charge in [0, 0.05) is 6.54 Å². The lowest BCUT2D eigenvalue weighted by Crippen LogP contribution is -2.25. The maximum atomic E-state index is 9.91. The molecule has 0 amide bonds. The summed E-state index contributed by atoms with van der Waals surface area (Å²) >= 11 is 0. The summed E-state index contributed by atoms with van der Waals surface area (Å²) in [5.74, 6) is 0.533. The summed E-state index contributed by atoms with van der Waals surface area (Å²) in [7, 11) is 0. The molecule has 0 saturated heterocycles. The van der Waals surface area contributed by atoms with E-state index in [1.807, 2.05) is 6.07 Å². The molecule has 0 aromatic heterocycles. The molecule has 0 atom stereocenters. The third kappa shape index (κ3) is 6.48. The van der Waals surface area contributed by atoms with E-state index in [2.05, 4.69) is 15.1 Å². The van der Waals surface area contributed by atoms with Crippen molar-refractivity contribution in [2.45, 2.75) is 6.42 Å². The summed E-state index contributed by atoms with van der Waals surface area (Å²) in [6, 6.07) is 8.86. The van der Waals surface area contributed by atoms with Crippen LogP contribution >= 0.6 is 0 Å². The molecule has 19 heavy (non-hydrogen) atoms. The molecule has 8 nitrogen and oxygen atoms in total. The van der Waals surface area contributed by atoms with Crippen molar-refractivity contribution in [1.29, 1.82) is 5.26 Å². The van der Waals surface area contributed by atoms with E-state index < -0.39 is 5.09 Å². The van der Waals surface area contributed by atoms with Gasteiger partial charge in [0.1, 0.15) is 5.75 Å². The van der Waals surface area contributed by atoms with Gasteiger partial charge in [-0.25, -0.2) is 10.3 Å². The first-order chi connectivity index (χ1) is 9.22. The molecule has 0 heterocycles. The Morgan fingerprint density at radius 3 is 2.84 bits per heavy atom. The molecule has 0 fully saturated rings. The van der Waals surface area contributed by atoms with Gasteiger partial charge in [0.15, 0.2) is 6.19 Å². The van der Waals surface area contributed by atoms with E-state index in [1.165, 1.54) is 0 Å². The molecule has 1 aromatic carbocycles. The third-order valence-corrected chi connectivity index (χ3v) is 1.88. The van der Waals surface area contributed by atoms with Crippen molar-refractivity contribution in [3.05, 3.63) is 40.4 Å². The van der Waals surface area contributed by atoms with Crippen molar-refractivity contribution in [1.82, 2.24) is 5.32 Å². The van der Waals surface area contributed by atoms with Crippen molar-refractivity contribution in [3.63, 3.8) is 0 Å². The lowest BCUT2D eigenvalue weighted by molar-refractivity contribution is -0.757. The zero-order valence-electron chi connectivity index (χ0n) is 9.98. The SMILES string of the molecule is N#CNC(=NCCCO[N+](=O)[O-])Oc1ccccc1. The quantitative estimate of drug-likeness (QED) is 0.157. The van der Waals surface area contributed by atoms with Gasteiger partial charge in [0.05, 0.1) is 6.61 Å². The summed E-state index contributed by atoms with van der Waals surface area (Å²) in [4.78, 5) is 18.0. The van der Waals surface area contributed by atoms with E-state index in [-0.39, 0.29) is 19.2 Å². The fraction of sp³-hybridized carbons (Fsp3) is 0.273. The molecule has 0 aliphatic rings. The lowest BCUT2D eigenvalue weighted by atomic mass is 10.3. The van der Waals surface area contributed by atoms with E-state index in [4.69, 9.17) is 10.00 Å². The van der Waals surface area contributed by atoms with Crippen LogP contribution in [0.25, 0.3) is 0 Å². The van der Waals surface area contributed by atoms with E-state index in [0.717, 1.165) is 0 Å². The monoisotopic (exact) mass is 264 g/mol. The predicted molar refractivity (Wildman–Crippen MR) is 65.7 cm³/mol. The Hall–Kier alpha value is -2.82. The van der Waals surface area contributed by atoms with Crippen LogP contribution in [0.5, 0.6) is 5.75 Å². The molecule has 1 N–H and O–H groups in total. The number of nitrogens with zero attached hydrogens (tertiary/aromatic N) is 3. The second kappa shape index (κ2) is 8.30. The number of nitriles is 1. The minimum atomic E-state index is -0.862. The van der Waals surface area contributed by atoms with Crippen LogP contribution in [0.1, 0.15) is 6.42 Å². The Labute approximate surface area is 109 Å². The minimum absolute atomic E-state index is 0.0369. The van der Waals surface area contributed by atoms with Crippen LogP contribution < -0.4 is 10.1 Å². The van der Waals surface area contributed by atoms with Gasteiger partial charge in [-0.2, -0.15) is 5.26 Å². The number of nitrogens with one attached hydrogen (secondary N) is 1. The number of hydrogen-bond donors (Lipinski definition) is 1. The van der Waals surface area contributed by atoms with Crippen LogP contribution in [0.4, 0.5) is 0 Å². The largest absolute Gasteiger partial charge is 0.425 e. The van der Waals surface area contributed by atoms with E-state index in [1.54, 1.807) is 30.5 Å². The number of aliphatic imine (C=N–C) groups is 1. The van der Waals surface area contributed by atoms with Gasteiger partial charge in [-0.05, 0) is 18.6 Å². The average molecular weight is 264 g/mol. The van der Waals surface area contributed by atoms with Crippen LogP contribution in [0, 0.1) is 21.6 Å². The molecule has 0 radical (unpaired) electrons. The fourth-order valence-corrected chi connectivity index (χ4v) is 1.13. The lowest BCUT2D eigenvalue weighted by Gasteiger charge is -2.06. The van der Waals surface area contributed by atoms with Crippen LogP contribution in [0.15, 0.2) is 35.3 Å². The number of rotatable bonds is 6. The molecule has 1 aromatic rings. The third-order valence-electron chi connectivity index (χ3n) is 1.88. The maximum Gasteiger partial charge on any atom is 0.303 e. The molecule has 0 saturated carbocycles. The zero-order valence-corrected chi connectivity index (χ0v) is 9.98. The van der Waals surface area contributed by atoms with Crippen molar-refractivity contribution >= 4 is 6.02 Å². The highest BCUT2D eigenvalue weighted by Gasteiger charge is 2.01. The molecule has 8 heteroatoms. The minimum Gasteiger partial charge on any atom is -0.425 e. The molecule has 0 spiro atoms. The van der Waals surface area contributed by atoms with Gasteiger partial charge < -0.3 is 9.57 Å². The highest BCUT2D eigenvalue weighted by Crippen LogP contribution is 2.08. The topological polar surface area (TPSA) is 110 Å². The van der Waals surface area contributed by atoms with Crippen LogP contribution in [0.3, 0.4) is 0 Å². The smallest absolute Gasteiger partial charge is 0.303 e. The van der Waals surface area contributed by atoms with Gasteiger partial charge in [0.25, 0.3) is 5.09 Å². The summed E-state index contributed by atoms with van der Waals surface area (Å²) in [6.07, 6.45) is 2.04. The Balaban J connectivity index is 2.43. The maximum absolute atomic E-state index is 9.91. The highest BCUT2D eigenvalue weighted by molar-refractivity contribution is 5.77. The summed E-state index contributed by atoms with van der Waals surface area (Å²) in [5, 5.41) is 19.9. The number of hydrogen-bond acceptors (Lipinski definition) is 6. The van der Waals surface area contributed by atoms with Gasteiger partial charge in [-0.15, -0.1) is 10.1 Å². The fourth-order valence-electron chi connectivity index (χ4n) is 1.13. The van der Waals surface area contributed by atoms with Crippen molar-refractivity contribution in [2.24, 2.45) is 4.99 Å². The van der Waals surface area contributed by atoms with Crippen LogP contribution in [-0.4, -0.2) is 24.3 Å². The molecule has 1 rings (SSSR count). The van der Waals surface area contributed by atoms with Crippen LogP contribution in [-0.2, 0) is 4.84 Å². The second-order valence-corrected chi connectivity index (χ2v) is 3.25. The number of ether oxygens (including phenoxy) is 1. The Kier molecular flexibility index (Phi) is 6.22. The molecule has 0 bridgehead atoms. The van der Waals surface area contributed by atoms with Crippen molar-refractivity contribution in [3.8, 4) is 11.9 Å². The molecule has 0 unspecified atom stereocenters. The van der Waals surface area contributed by atoms with E-state index in [9.17, 15) is 10.1 Å². The molecular formula is C11H12N4O4. The van der Waals surface area contributed by atoms with E-state index in [0.29, 0.717) is 12.2 Å². The van der Waals surface area contributed by atoms with Gasteiger partial charge >= 0.3 is 6.02 Å². The molecule has 0 aliphatic carbocycles. The first-order valence-corrected chi connectivity index (χ1v) is 5.42. The van der Waals surface area contributed by atoms with Gasteiger partial charge in [-0.1, -0.05) is 18.2 Å². The summed E-state index contributed by atoms with van der Waals surface area (Å²) < 4.78 is 5.32. The second-order valence-electron chi connectivity index (χ2n) is 3.25. The normalized spacial score (nSPS) is 10.4. The van der Waals surface area contributed by atoms with Crippen LogP contribution in [0.2, 0.25) is 0 Å².